The summed E-state index contributed by atoms with van der Waals surface area (Å²) in [5.41, 5.74) is 3.61. The first-order chi connectivity index (χ1) is 13.8. The molecule has 3 heterocycles. The molecule has 28 heavy (non-hydrogen) atoms. The van der Waals surface area contributed by atoms with Crippen molar-refractivity contribution in [1.82, 2.24) is 19.7 Å². The van der Waals surface area contributed by atoms with E-state index in [1.54, 1.807) is 6.07 Å². The van der Waals surface area contributed by atoms with Gasteiger partial charge < -0.3 is 4.57 Å². The number of carbonyl (C=O) groups excluding carboxylic acids is 1. The van der Waals surface area contributed by atoms with Crippen molar-refractivity contribution in [1.29, 1.82) is 0 Å². The summed E-state index contributed by atoms with van der Waals surface area (Å²) in [6.45, 7) is 0.655. The van der Waals surface area contributed by atoms with E-state index in [1.165, 1.54) is 11.3 Å². The van der Waals surface area contributed by atoms with Crippen molar-refractivity contribution in [3.8, 4) is 0 Å². The molecule has 7 heteroatoms. The van der Waals surface area contributed by atoms with Gasteiger partial charge in [0.15, 0.2) is 5.65 Å². The average molecular weight is 385 g/mol. The topological polar surface area (TPSA) is 72.7 Å². The summed E-state index contributed by atoms with van der Waals surface area (Å²) in [7, 11) is 0. The lowest BCUT2D eigenvalue weighted by Gasteiger charge is -2.07. The molecular formula is C21H15N5OS. The normalized spacial score (nSPS) is 11.1. The Bertz CT molecular complexity index is 1280. The zero-order valence-electron chi connectivity index (χ0n) is 14.7. The molecule has 5 rings (SSSR count). The minimum Gasteiger partial charge on any atom is -0.319 e. The van der Waals surface area contributed by atoms with Crippen molar-refractivity contribution < 1.29 is 4.79 Å². The summed E-state index contributed by atoms with van der Waals surface area (Å²) >= 11 is 1.37. The molecule has 6 nitrogen and oxygen atoms in total. The lowest BCUT2D eigenvalue weighted by molar-refractivity contribution is 0.102. The Morgan fingerprint density at radius 1 is 0.964 bits per heavy atom. The number of nitrogens with zero attached hydrogens (tertiary/aromatic N) is 4. The van der Waals surface area contributed by atoms with Crippen molar-refractivity contribution in [2.75, 3.05) is 5.32 Å². The van der Waals surface area contributed by atoms with Crippen LogP contribution in [-0.2, 0) is 6.54 Å². The monoisotopic (exact) mass is 385 g/mol. The number of para-hydroxylation sites is 1. The maximum absolute atomic E-state index is 12.3. The molecule has 1 amide bonds. The molecule has 0 radical (unpaired) electrons. The SMILES string of the molecule is O=C(Nc1nnc2c3ccccc3n(Cc3ccccc3)c2n1)c1cccs1. The van der Waals surface area contributed by atoms with Crippen LogP contribution < -0.4 is 5.32 Å². The van der Waals surface area contributed by atoms with E-state index in [0.717, 1.165) is 22.0 Å². The van der Waals surface area contributed by atoms with E-state index in [2.05, 4.69) is 37.2 Å². The van der Waals surface area contributed by atoms with Gasteiger partial charge in [0.05, 0.1) is 10.4 Å². The van der Waals surface area contributed by atoms with E-state index in [9.17, 15) is 4.79 Å². The van der Waals surface area contributed by atoms with Gasteiger partial charge >= 0.3 is 0 Å². The van der Waals surface area contributed by atoms with Crippen molar-refractivity contribution in [3.63, 3.8) is 0 Å². The first-order valence-electron chi connectivity index (χ1n) is 8.80. The van der Waals surface area contributed by atoms with E-state index in [-0.39, 0.29) is 11.9 Å². The molecule has 0 fully saturated rings. The molecule has 0 aliphatic carbocycles. The van der Waals surface area contributed by atoms with Crippen LogP contribution in [0.2, 0.25) is 0 Å². The number of hydrogen-bond acceptors (Lipinski definition) is 5. The van der Waals surface area contributed by atoms with Crippen LogP contribution in [0.4, 0.5) is 5.95 Å². The summed E-state index contributed by atoms with van der Waals surface area (Å²) in [6, 6.07) is 21.8. The second-order valence-electron chi connectivity index (χ2n) is 6.33. The first-order valence-corrected chi connectivity index (χ1v) is 9.68. The third-order valence-electron chi connectivity index (χ3n) is 4.53. The second-order valence-corrected chi connectivity index (χ2v) is 7.28. The number of thiophene rings is 1. The number of nitrogens with one attached hydrogen (secondary N) is 1. The van der Waals surface area contributed by atoms with Crippen LogP contribution in [0.5, 0.6) is 0 Å². The smallest absolute Gasteiger partial charge is 0.268 e. The number of hydrogen-bond donors (Lipinski definition) is 1. The zero-order chi connectivity index (χ0) is 18.9. The van der Waals surface area contributed by atoms with Crippen molar-refractivity contribution in [2.24, 2.45) is 0 Å². The molecule has 2 aromatic carbocycles. The van der Waals surface area contributed by atoms with E-state index in [4.69, 9.17) is 0 Å². The summed E-state index contributed by atoms with van der Waals surface area (Å²) in [4.78, 5) is 17.6. The van der Waals surface area contributed by atoms with Crippen molar-refractivity contribution in [2.45, 2.75) is 6.54 Å². The van der Waals surface area contributed by atoms with Crippen LogP contribution in [0.1, 0.15) is 15.2 Å². The Balaban J connectivity index is 1.62. The summed E-state index contributed by atoms with van der Waals surface area (Å²) in [5, 5.41) is 14.1. The van der Waals surface area contributed by atoms with Crippen LogP contribution in [0.25, 0.3) is 22.1 Å². The number of fused-ring (bicyclic) bond motifs is 3. The number of amides is 1. The maximum Gasteiger partial charge on any atom is 0.268 e. The molecule has 0 spiro atoms. The summed E-state index contributed by atoms with van der Waals surface area (Å²) in [6.07, 6.45) is 0. The van der Waals surface area contributed by atoms with Gasteiger partial charge in [0.2, 0.25) is 0 Å². The van der Waals surface area contributed by atoms with Gasteiger partial charge in [-0.3, -0.25) is 10.1 Å². The predicted octanol–water partition coefficient (Wildman–Crippen LogP) is 4.34. The zero-order valence-corrected chi connectivity index (χ0v) is 15.6. The first kappa shape index (κ1) is 16.6. The highest BCUT2D eigenvalue weighted by Crippen LogP contribution is 2.27. The van der Waals surface area contributed by atoms with Crippen LogP contribution in [0.15, 0.2) is 72.1 Å². The van der Waals surface area contributed by atoms with Crippen LogP contribution in [0, 0.1) is 0 Å². The third-order valence-corrected chi connectivity index (χ3v) is 5.40. The molecule has 0 unspecified atom stereocenters. The van der Waals surface area contributed by atoms with E-state index in [0.29, 0.717) is 17.1 Å². The van der Waals surface area contributed by atoms with E-state index >= 15 is 0 Å². The number of rotatable bonds is 4. The Morgan fingerprint density at radius 2 is 1.79 bits per heavy atom. The molecule has 0 aliphatic heterocycles. The van der Waals surface area contributed by atoms with Gasteiger partial charge in [-0.05, 0) is 23.1 Å². The number of aromatic nitrogens is 4. The fraction of sp³-hybridized carbons (Fsp3) is 0.0476. The quantitative estimate of drug-likeness (QED) is 0.499. The lowest BCUT2D eigenvalue weighted by atomic mass is 10.2. The highest BCUT2D eigenvalue weighted by Gasteiger charge is 2.16. The number of benzene rings is 2. The minimum atomic E-state index is -0.234. The van der Waals surface area contributed by atoms with Gasteiger partial charge in [-0.1, -0.05) is 54.6 Å². The maximum atomic E-state index is 12.3. The molecule has 0 atom stereocenters. The fourth-order valence-corrected chi connectivity index (χ4v) is 3.87. The largest absolute Gasteiger partial charge is 0.319 e. The fourth-order valence-electron chi connectivity index (χ4n) is 3.25. The van der Waals surface area contributed by atoms with Gasteiger partial charge in [-0.25, -0.2) is 0 Å². The molecule has 0 saturated carbocycles. The average Bonchev–Trinajstić information content (AvgIpc) is 3.37. The molecule has 1 N–H and O–H groups in total. The summed E-state index contributed by atoms with van der Waals surface area (Å²) < 4.78 is 2.11. The van der Waals surface area contributed by atoms with Crippen LogP contribution >= 0.6 is 11.3 Å². The van der Waals surface area contributed by atoms with Crippen molar-refractivity contribution >= 4 is 45.3 Å². The Labute approximate surface area is 164 Å². The van der Waals surface area contributed by atoms with Crippen LogP contribution in [0.3, 0.4) is 0 Å². The van der Waals surface area contributed by atoms with E-state index in [1.807, 2.05) is 53.9 Å². The van der Waals surface area contributed by atoms with Crippen molar-refractivity contribution in [3.05, 3.63) is 82.6 Å². The van der Waals surface area contributed by atoms with Crippen LogP contribution in [-0.4, -0.2) is 25.7 Å². The molecule has 0 saturated heterocycles. The third kappa shape index (κ3) is 2.91. The number of anilines is 1. The number of carbonyl (C=O) groups is 1. The van der Waals surface area contributed by atoms with Gasteiger partial charge in [-0.15, -0.1) is 21.5 Å². The van der Waals surface area contributed by atoms with Gasteiger partial charge in [0.1, 0.15) is 5.52 Å². The lowest BCUT2D eigenvalue weighted by Crippen LogP contribution is -2.14. The minimum absolute atomic E-state index is 0.197. The standard InChI is InChI=1S/C21H15N5OS/c27-20(17-11-6-12-28-17)23-21-22-19-18(24-25-21)15-9-4-5-10-16(15)26(19)13-14-7-2-1-3-8-14/h1-12H,13H2,(H,22,23,25,27). The summed E-state index contributed by atoms with van der Waals surface area (Å²) in [5.74, 6) is -0.0371. The van der Waals surface area contributed by atoms with Gasteiger partial charge in [0, 0.05) is 11.9 Å². The highest BCUT2D eigenvalue weighted by atomic mass is 32.1. The van der Waals surface area contributed by atoms with Gasteiger partial charge in [-0.2, -0.15) is 4.98 Å². The molecule has 0 aliphatic rings. The Hall–Kier alpha value is -3.58. The van der Waals surface area contributed by atoms with Gasteiger partial charge in [0.25, 0.3) is 11.9 Å². The Morgan fingerprint density at radius 3 is 2.61 bits per heavy atom. The second kappa shape index (κ2) is 6.86. The molecular weight excluding hydrogens is 370 g/mol. The molecule has 136 valence electrons. The molecule has 3 aromatic heterocycles. The Kier molecular flexibility index (Phi) is 4.06. The highest BCUT2D eigenvalue weighted by molar-refractivity contribution is 7.12. The van der Waals surface area contributed by atoms with E-state index < -0.39 is 0 Å². The molecule has 0 bridgehead atoms. The molecule has 5 aromatic rings. The predicted molar refractivity (Wildman–Crippen MR) is 111 cm³/mol.